The first-order valence-electron chi connectivity index (χ1n) is 22.3. The van der Waals surface area contributed by atoms with Gasteiger partial charge < -0.3 is 29.5 Å². The van der Waals surface area contributed by atoms with E-state index in [2.05, 4.69) is 0 Å². The molecule has 0 spiro atoms. The Balaban J connectivity index is 1.37. The third-order valence-corrected chi connectivity index (χ3v) is 12.3. The van der Waals surface area contributed by atoms with Crippen molar-refractivity contribution in [1.29, 1.82) is 0 Å². The van der Waals surface area contributed by atoms with Crippen LogP contribution in [0.4, 0.5) is 0 Å². The van der Waals surface area contributed by atoms with E-state index >= 15 is 0 Å². The topological polar surface area (TPSA) is 168 Å². The quantitative estimate of drug-likeness (QED) is 0.0662. The van der Waals surface area contributed by atoms with Crippen LogP contribution in [0.1, 0.15) is 75.6 Å². The third-order valence-electron chi connectivity index (χ3n) is 12.3. The number of nitrogens with zero attached hydrogens (tertiary/aromatic N) is 2. The molecule has 4 unspecified atom stereocenters. The van der Waals surface area contributed by atoms with Gasteiger partial charge in [-0.2, -0.15) is 0 Å². The highest BCUT2D eigenvalue weighted by Crippen LogP contribution is 2.49. The minimum absolute atomic E-state index is 0.0557. The van der Waals surface area contributed by atoms with Crippen molar-refractivity contribution in [3.05, 3.63) is 144 Å². The maximum atomic E-state index is 14.7. The Hall–Kier alpha value is -6.30. The monoisotopic (exact) mass is 874 g/mol. The van der Waals surface area contributed by atoms with Gasteiger partial charge in [0, 0.05) is 40.0 Å². The van der Waals surface area contributed by atoms with Crippen LogP contribution in [-0.2, 0) is 64.2 Å². The highest BCUT2D eigenvalue weighted by atomic mass is 16.5. The van der Waals surface area contributed by atoms with E-state index in [-0.39, 0.29) is 38.0 Å². The molecule has 0 saturated heterocycles. The molecule has 0 bridgehead atoms. The highest BCUT2D eigenvalue weighted by Gasteiger charge is 2.65. The lowest BCUT2D eigenvalue weighted by molar-refractivity contribution is -0.187. The zero-order valence-electron chi connectivity index (χ0n) is 37.3. The van der Waals surface area contributed by atoms with Gasteiger partial charge in [0.2, 0.25) is 11.8 Å². The summed E-state index contributed by atoms with van der Waals surface area (Å²) in [6, 6.07) is 37.9. The Kier molecular flexibility index (Phi) is 18.2. The van der Waals surface area contributed by atoms with Crippen molar-refractivity contribution in [2.45, 2.75) is 91.5 Å². The summed E-state index contributed by atoms with van der Waals surface area (Å²) < 4.78 is 11.5. The molecule has 64 heavy (non-hydrogen) atoms. The number of esters is 2. The molecule has 2 N–H and O–H groups in total. The molecule has 0 heterocycles. The van der Waals surface area contributed by atoms with Crippen molar-refractivity contribution in [3.63, 3.8) is 0 Å². The normalized spacial score (nSPS) is 18.6. The highest BCUT2D eigenvalue weighted by molar-refractivity contribution is 5.99. The van der Waals surface area contributed by atoms with Crippen LogP contribution in [0, 0.1) is 35.5 Å². The Bertz CT molecular complexity index is 1970. The lowest BCUT2D eigenvalue weighted by Crippen LogP contribution is -2.64. The van der Waals surface area contributed by atoms with Gasteiger partial charge in [-0.05, 0) is 72.6 Å². The van der Waals surface area contributed by atoms with E-state index in [1.165, 1.54) is 23.6 Å². The van der Waals surface area contributed by atoms with Crippen molar-refractivity contribution in [3.8, 4) is 0 Å². The van der Waals surface area contributed by atoms with Gasteiger partial charge in [-0.15, -0.1) is 0 Å². The van der Waals surface area contributed by atoms with Crippen molar-refractivity contribution in [1.82, 2.24) is 9.80 Å². The standard InChI is InChI=1S/C52H62N2O10/c1-35(31-39-19-9-5-10-20-39)43(63-37(3)55)27-17-29-53(33-41-23-13-7-14-24-41)49(57)45-47(51(59)60)46(48(45)52(61)62)50(58)54(34-42-25-15-8-16-26-42)30-18-28-44(64-38(4)56)36(2)32-40-21-11-6-12-22-40/h5-16,19-26,35-36,43-48H,17-18,27-34H2,1-4H3,(H,59,60)(H,61,62). The number of carboxylic acid groups (broad SMARTS) is 2. The molecule has 12 heteroatoms. The van der Waals surface area contributed by atoms with Crippen LogP contribution in [0.5, 0.6) is 0 Å². The van der Waals surface area contributed by atoms with Gasteiger partial charge >= 0.3 is 23.9 Å². The molecular formula is C52H62N2O10. The molecule has 2 amide bonds. The zero-order valence-corrected chi connectivity index (χ0v) is 37.3. The first-order valence-corrected chi connectivity index (χ1v) is 22.3. The molecule has 12 nitrogen and oxygen atoms in total. The summed E-state index contributed by atoms with van der Waals surface area (Å²) in [4.78, 5) is 83.1. The minimum atomic E-state index is -1.60. The van der Waals surface area contributed by atoms with Crippen LogP contribution in [0.25, 0.3) is 0 Å². The molecule has 0 radical (unpaired) electrons. The van der Waals surface area contributed by atoms with Gasteiger partial charge in [-0.3, -0.25) is 28.8 Å². The lowest BCUT2D eigenvalue weighted by atomic mass is 9.55. The fourth-order valence-electron chi connectivity index (χ4n) is 9.09. The average molecular weight is 875 g/mol. The van der Waals surface area contributed by atoms with Gasteiger partial charge in [-0.25, -0.2) is 0 Å². The first kappa shape index (κ1) is 48.7. The van der Waals surface area contributed by atoms with Crippen LogP contribution in [0.15, 0.2) is 121 Å². The van der Waals surface area contributed by atoms with Crippen LogP contribution in [0.3, 0.4) is 0 Å². The number of hydrogen-bond donors (Lipinski definition) is 2. The maximum absolute atomic E-state index is 14.7. The molecule has 1 saturated carbocycles. The van der Waals surface area contributed by atoms with E-state index in [0.717, 1.165) is 22.3 Å². The molecule has 0 aromatic heterocycles. The van der Waals surface area contributed by atoms with Crippen LogP contribution in [-0.4, -0.2) is 81.0 Å². The maximum Gasteiger partial charge on any atom is 0.308 e. The number of amides is 2. The number of aliphatic carboxylic acids is 2. The molecule has 0 aliphatic heterocycles. The van der Waals surface area contributed by atoms with Crippen LogP contribution < -0.4 is 0 Å². The molecule has 4 aromatic rings. The van der Waals surface area contributed by atoms with Crippen molar-refractivity contribution in [2.75, 3.05) is 13.1 Å². The second kappa shape index (κ2) is 24.0. The van der Waals surface area contributed by atoms with Gasteiger partial charge in [0.25, 0.3) is 0 Å². The Labute approximate surface area is 376 Å². The smallest absolute Gasteiger partial charge is 0.308 e. The van der Waals surface area contributed by atoms with Gasteiger partial charge in [0.15, 0.2) is 0 Å². The van der Waals surface area contributed by atoms with Crippen LogP contribution >= 0.6 is 0 Å². The third kappa shape index (κ3) is 13.8. The Morgan fingerprint density at radius 2 is 0.781 bits per heavy atom. The number of carbonyl (C=O) groups excluding carboxylic acids is 4. The van der Waals surface area contributed by atoms with Crippen molar-refractivity contribution < 1.29 is 48.5 Å². The molecular weight excluding hydrogens is 813 g/mol. The lowest BCUT2D eigenvalue weighted by Gasteiger charge is -2.48. The minimum Gasteiger partial charge on any atom is -0.481 e. The number of benzene rings is 4. The molecule has 4 atom stereocenters. The number of ether oxygens (including phenoxy) is 2. The number of carbonyl (C=O) groups is 6. The summed E-state index contributed by atoms with van der Waals surface area (Å²) in [5, 5.41) is 21.4. The SMILES string of the molecule is CC(=O)OC(CCCN(Cc1ccccc1)C(=O)C1C(C(=O)O)C(C(=O)N(CCCC(OC(C)=O)C(C)Cc2ccccc2)Cc2ccccc2)C1C(=O)O)C(C)Cc1ccccc1. The molecule has 1 aliphatic rings. The van der Waals surface area contributed by atoms with Crippen LogP contribution in [0.2, 0.25) is 0 Å². The molecule has 340 valence electrons. The largest absolute Gasteiger partial charge is 0.481 e. The molecule has 1 aliphatic carbocycles. The van der Waals surface area contributed by atoms with Gasteiger partial charge in [-0.1, -0.05) is 135 Å². The van der Waals surface area contributed by atoms with Gasteiger partial charge in [0.1, 0.15) is 12.2 Å². The summed E-state index contributed by atoms with van der Waals surface area (Å²) in [6.45, 7) is 7.13. The number of carboxylic acids is 2. The zero-order chi connectivity index (χ0) is 46.2. The second-order valence-corrected chi connectivity index (χ2v) is 17.2. The van der Waals surface area contributed by atoms with E-state index in [0.29, 0.717) is 38.5 Å². The van der Waals surface area contributed by atoms with Gasteiger partial charge in [0.05, 0.1) is 23.7 Å². The second-order valence-electron chi connectivity index (χ2n) is 17.2. The molecule has 4 aromatic carbocycles. The fraction of sp³-hybridized carbons (Fsp3) is 0.423. The number of hydrogen-bond acceptors (Lipinski definition) is 8. The first-order chi connectivity index (χ1) is 30.7. The average Bonchev–Trinajstić information content (AvgIpc) is 3.25. The van der Waals surface area contributed by atoms with E-state index in [1.807, 2.05) is 135 Å². The molecule has 5 rings (SSSR count). The summed E-state index contributed by atoms with van der Waals surface area (Å²) in [5.41, 5.74) is 3.69. The predicted octanol–water partition coefficient (Wildman–Crippen LogP) is 7.87. The fourth-order valence-corrected chi connectivity index (χ4v) is 9.09. The summed E-state index contributed by atoms with van der Waals surface area (Å²) >= 11 is 0. The Morgan fingerprint density at radius 1 is 0.484 bits per heavy atom. The number of rotatable bonds is 24. The van der Waals surface area contributed by atoms with E-state index in [9.17, 15) is 39.0 Å². The molecule has 1 fully saturated rings. The van der Waals surface area contributed by atoms with E-state index in [1.54, 1.807) is 0 Å². The van der Waals surface area contributed by atoms with E-state index in [4.69, 9.17) is 9.47 Å². The predicted molar refractivity (Wildman–Crippen MR) is 241 cm³/mol. The summed E-state index contributed by atoms with van der Waals surface area (Å²) in [7, 11) is 0. The summed E-state index contributed by atoms with van der Waals surface area (Å²) in [6.07, 6.45) is 1.94. The van der Waals surface area contributed by atoms with E-state index < -0.39 is 71.6 Å². The van der Waals surface area contributed by atoms with Crippen molar-refractivity contribution in [2.24, 2.45) is 35.5 Å². The van der Waals surface area contributed by atoms with Crippen molar-refractivity contribution >= 4 is 35.7 Å². The summed E-state index contributed by atoms with van der Waals surface area (Å²) in [5.74, 6) is -11.4. The Morgan fingerprint density at radius 3 is 1.06 bits per heavy atom.